The van der Waals surface area contributed by atoms with Crippen LogP contribution < -0.4 is 5.32 Å². The summed E-state index contributed by atoms with van der Waals surface area (Å²) in [5, 5.41) is 3.28. The molecule has 1 aliphatic rings. The minimum atomic E-state index is -0.333. The largest absolute Gasteiger partial charge is 0.358 e. The third kappa shape index (κ3) is 4.39. The predicted octanol–water partition coefficient (Wildman–Crippen LogP) is 3.45. The van der Waals surface area contributed by atoms with Crippen LogP contribution >= 0.6 is 0 Å². The van der Waals surface area contributed by atoms with Gasteiger partial charge in [-0.25, -0.2) is 14.4 Å². The number of hydrogen-bond donors (Lipinski definition) is 1. The molecule has 1 unspecified atom stereocenters. The summed E-state index contributed by atoms with van der Waals surface area (Å²) in [5.74, 6) is 1.01. The zero-order valence-electron chi connectivity index (χ0n) is 16.2. The summed E-state index contributed by atoms with van der Waals surface area (Å²) in [6, 6.07) is 11.5. The molecule has 2 aromatic heterocycles. The van der Waals surface area contributed by atoms with Gasteiger partial charge < -0.3 is 10.2 Å². The molecule has 1 atom stereocenters. The number of aromatic nitrogens is 3. The van der Waals surface area contributed by atoms with E-state index >= 15 is 0 Å². The van der Waals surface area contributed by atoms with E-state index in [0.29, 0.717) is 31.2 Å². The number of amides is 1. The van der Waals surface area contributed by atoms with Crippen molar-refractivity contribution in [1.29, 1.82) is 0 Å². The number of pyridine rings is 1. The minimum absolute atomic E-state index is 0.0245. The van der Waals surface area contributed by atoms with Gasteiger partial charge in [-0.2, -0.15) is 0 Å². The van der Waals surface area contributed by atoms with Crippen LogP contribution in [0.15, 0.2) is 54.9 Å². The van der Waals surface area contributed by atoms with E-state index in [4.69, 9.17) is 0 Å². The zero-order chi connectivity index (χ0) is 20.2. The fourth-order valence-electron chi connectivity index (χ4n) is 3.40. The van der Waals surface area contributed by atoms with Crippen LogP contribution in [0.4, 0.5) is 10.2 Å². The summed E-state index contributed by atoms with van der Waals surface area (Å²) >= 11 is 0. The molecule has 1 N–H and O–H groups in total. The van der Waals surface area contributed by atoms with Gasteiger partial charge in [0, 0.05) is 42.8 Å². The Bertz CT molecular complexity index is 994. The monoisotopic (exact) mass is 391 g/mol. The molecule has 7 heteroatoms. The molecule has 4 rings (SSSR count). The van der Waals surface area contributed by atoms with Gasteiger partial charge in [0.25, 0.3) is 0 Å². The summed E-state index contributed by atoms with van der Waals surface area (Å²) in [5.41, 5.74) is 2.70. The Morgan fingerprint density at radius 1 is 1.14 bits per heavy atom. The molecule has 1 amide bonds. The summed E-state index contributed by atoms with van der Waals surface area (Å²) in [4.78, 5) is 27.8. The number of hydrogen-bond acceptors (Lipinski definition) is 5. The van der Waals surface area contributed by atoms with Crippen LogP contribution in [-0.4, -0.2) is 38.3 Å². The molecule has 29 heavy (non-hydrogen) atoms. The second-order valence-corrected chi connectivity index (χ2v) is 7.03. The maximum absolute atomic E-state index is 13.1. The lowest BCUT2D eigenvalue weighted by atomic mass is 10.2. The number of benzene rings is 1. The molecule has 148 valence electrons. The van der Waals surface area contributed by atoms with Crippen molar-refractivity contribution in [2.24, 2.45) is 0 Å². The van der Waals surface area contributed by atoms with E-state index in [1.165, 1.54) is 12.1 Å². The molecule has 0 radical (unpaired) electrons. The van der Waals surface area contributed by atoms with Crippen molar-refractivity contribution in [2.45, 2.75) is 32.4 Å². The molecule has 1 saturated heterocycles. The van der Waals surface area contributed by atoms with E-state index in [-0.39, 0.29) is 17.8 Å². The van der Waals surface area contributed by atoms with Gasteiger partial charge >= 0.3 is 0 Å². The highest BCUT2D eigenvalue weighted by molar-refractivity contribution is 5.86. The fraction of sp³-hybridized carbons (Fsp3) is 0.273. The molecule has 0 spiro atoms. The van der Waals surface area contributed by atoms with Gasteiger partial charge in [-0.05, 0) is 42.7 Å². The Hall–Kier alpha value is -3.35. The fourth-order valence-corrected chi connectivity index (χ4v) is 3.40. The Morgan fingerprint density at radius 3 is 2.62 bits per heavy atom. The molecule has 1 aliphatic heterocycles. The first-order valence-electron chi connectivity index (χ1n) is 9.70. The lowest BCUT2D eigenvalue weighted by molar-refractivity contribution is -0.128. The van der Waals surface area contributed by atoms with E-state index < -0.39 is 0 Å². The Labute approximate surface area is 168 Å². The molecule has 0 aliphatic carbocycles. The van der Waals surface area contributed by atoms with E-state index in [9.17, 15) is 9.18 Å². The maximum atomic E-state index is 13.1. The first-order valence-corrected chi connectivity index (χ1v) is 9.70. The Morgan fingerprint density at radius 2 is 1.90 bits per heavy atom. The highest BCUT2D eigenvalue weighted by Crippen LogP contribution is 2.22. The first-order chi connectivity index (χ1) is 14.1. The van der Waals surface area contributed by atoms with Crippen LogP contribution in [0.5, 0.6) is 0 Å². The highest BCUT2D eigenvalue weighted by atomic mass is 19.1. The smallest absolute Gasteiger partial charge is 0.245 e. The molecule has 6 nitrogen and oxygen atoms in total. The quantitative estimate of drug-likeness (QED) is 0.697. The molecule has 3 aromatic rings. The lowest BCUT2D eigenvalue weighted by Crippen LogP contribution is -2.33. The standard InChI is InChI=1S/C22H22FN5O/c1-2-18-13-20(27-21(25-18)16-7-10-24-11-8-16)26-19-9-12-28(22(19)29)14-15-3-5-17(23)6-4-15/h3-8,10-11,13,19H,2,9,12,14H2,1H3,(H,25,26,27). The number of carbonyl (C=O) groups is 1. The van der Waals surface area contributed by atoms with Gasteiger partial charge in [-0.15, -0.1) is 0 Å². The third-order valence-electron chi connectivity index (χ3n) is 4.99. The molecule has 1 aromatic carbocycles. The van der Waals surface area contributed by atoms with E-state index in [1.54, 1.807) is 29.4 Å². The second kappa shape index (κ2) is 8.34. The summed E-state index contributed by atoms with van der Waals surface area (Å²) < 4.78 is 13.1. The van der Waals surface area contributed by atoms with Gasteiger partial charge in [0.05, 0.1) is 0 Å². The van der Waals surface area contributed by atoms with Crippen LogP contribution in [0.3, 0.4) is 0 Å². The lowest BCUT2D eigenvalue weighted by Gasteiger charge is -2.18. The molecule has 0 saturated carbocycles. The topological polar surface area (TPSA) is 71.0 Å². The summed E-state index contributed by atoms with van der Waals surface area (Å²) in [7, 11) is 0. The predicted molar refractivity (Wildman–Crippen MR) is 108 cm³/mol. The summed E-state index contributed by atoms with van der Waals surface area (Å²) in [6.07, 6.45) is 4.87. The summed E-state index contributed by atoms with van der Waals surface area (Å²) in [6.45, 7) is 3.16. The third-order valence-corrected chi connectivity index (χ3v) is 4.99. The van der Waals surface area contributed by atoms with Gasteiger partial charge in [-0.1, -0.05) is 19.1 Å². The van der Waals surface area contributed by atoms with E-state index in [2.05, 4.69) is 20.3 Å². The van der Waals surface area contributed by atoms with Crippen molar-refractivity contribution >= 4 is 11.7 Å². The van der Waals surface area contributed by atoms with Crippen LogP contribution in [-0.2, 0) is 17.8 Å². The van der Waals surface area contributed by atoms with E-state index in [0.717, 1.165) is 23.2 Å². The number of nitrogens with one attached hydrogen (secondary N) is 1. The van der Waals surface area contributed by atoms with Crippen molar-refractivity contribution in [3.05, 3.63) is 71.9 Å². The van der Waals surface area contributed by atoms with Crippen LogP contribution in [0.1, 0.15) is 24.6 Å². The molecule has 0 bridgehead atoms. The first kappa shape index (κ1) is 19.0. The normalized spacial score (nSPS) is 16.3. The number of nitrogens with zero attached hydrogens (tertiary/aromatic N) is 4. The number of anilines is 1. The number of likely N-dealkylation sites (tertiary alicyclic amines) is 1. The van der Waals surface area contributed by atoms with Crippen molar-refractivity contribution in [3.63, 3.8) is 0 Å². The molecular formula is C22H22FN5O. The van der Waals surface area contributed by atoms with Crippen molar-refractivity contribution in [3.8, 4) is 11.4 Å². The SMILES string of the molecule is CCc1cc(NC2CCN(Cc3ccc(F)cc3)C2=O)nc(-c2ccncc2)n1. The van der Waals surface area contributed by atoms with Crippen molar-refractivity contribution in [2.75, 3.05) is 11.9 Å². The number of carbonyl (C=O) groups excluding carboxylic acids is 1. The average molecular weight is 391 g/mol. The Kier molecular flexibility index (Phi) is 5.46. The van der Waals surface area contributed by atoms with Crippen molar-refractivity contribution < 1.29 is 9.18 Å². The number of halogens is 1. The Balaban J connectivity index is 1.49. The highest BCUT2D eigenvalue weighted by Gasteiger charge is 2.31. The minimum Gasteiger partial charge on any atom is -0.358 e. The number of rotatable bonds is 6. The van der Waals surface area contributed by atoms with Crippen molar-refractivity contribution in [1.82, 2.24) is 19.9 Å². The zero-order valence-corrected chi connectivity index (χ0v) is 16.2. The average Bonchev–Trinajstić information content (AvgIpc) is 3.09. The van der Waals surface area contributed by atoms with Crippen LogP contribution in [0.2, 0.25) is 0 Å². The molecular weight excluding hydrogens is 369 g/mol. The maximum Gasteiger partial charge on any atom is 0.245 e. The van der Waals surface area contributed by atoms with Gasteiger partial charge in [-0.3, -0.25) is 9.78 Å². The van der Waals surface area contributed by atoms with Gasteiger partial charge in [0.15, 0.2) is 5.82 Å². The van der Waals surface area contributed by atoms with Gasteiger partial charge in [0.1, 0.15) is 17.7 Å². The molecule has 3 heterocycles. The van der Waals surface area contributed by atoms with Crippen LogP contribution in [0.25, 0.3) is 11.4 Å². The van der Waals surface area contributed by atoms with E-state index in [1.807, 2.05) is 25.1 Å². The van der Waals surface area contributed by atoms with Gasteiger partial charge in [0.2, 0.25) is 5.91 Å². The second-order valence-electron chi connectivity index (χ2n) is 7.03. The van der Waals surface area contributed by atoms with Crippen LogP contribution in [0, 0.1) is 5.82 Å². The molecule has 1 fully saturated rings. The number of aryl methyl sites for hydroxylation is 1.